The van der Waals surface area contributed by atoms with Crippen LogP contribution < -0.4 is 0 Å². The molecule has 0 aliphatic heterocycles. The summed E-state index contributed by atoms with van der Waals surface area (Å²) in [5, 5.41) is 10.3. The van der Waals surface area contributed by atoms with E-state index < -0.39 is 21.8 Å². The SMILES string of the molecule is CN(C)CCN(Cc1ccccc1F)S(=O)(=O)c1csc(C(=O)O)c1. The van der Waals surface area contributed by atoms with Gasteiger partial charge in [0.25, 0.3) is 0 Å². The van der Waals surface area contributed by atoms with Crippen LogP contribution in [-0.2, 0) is 16.6 Å². The number of carboxylic acids is 1. The molecule has 1 N–H and O–H groups in total. The van der Waals surface area contributed by atoms with Crippen molar-refractivity contribution in [2.24, 2.45) is 0 Å². The van der Waals surface area contributed by atoms with Crippen LogP contribution in [0.4, 0.5) is 4.39 Å². The maximum Gasteiger partial charge on any atom is 0.345 e. The van der Waals surface area contributed by atoms with E-state index in [1.807, 2.05) is 4.90 Å². The highest BCUT2D eigenvalue weighted by Gasteiger charge is 2.27. The average molecular weight is 386 g/mol. The van der Waals surface area contributed by atoms with Gasteiger partial charge in [0, 0.05) is 30.6 Å². The van der Waals surface area contributed by atoms with E-state index in [1.54, 1.807) is 20.2 Å². The van der Waals surface area contributed by atoms with Crippen LogP contribution in [0.15, 0.2) is 40.6 Å². The molecule has 0 saturated carbocycles. The Morgan fingerprint density at radius 3 is 2.48 bits per heavy atom. The molecule has 0 saturated heterocycles. The van der Waals surface area contributed by atoms with Gasteiger partial charge in [-0.1, -0.05) is 18.2 Å². The number of hydrogen-bond acceptors (Lipinski definition) is 5. The van der Waals surface area contributed by atoms with Crippen molar-refractivity contribution < 1.29 is 22.7 Å². The highest BCUT2D eigenvalue weighted by molar-refractivity contribution is 7.89. The van der Waals surface area contributed by atoms with Crippen LogP contribution in [0.2, 0.25) is 0 Å². The summed E-state index contributed by atoms with van der Waals surface area (Å²) in [6, 6.07) is 7.12. The largest absolute Gasteiger partial charge is 0.477 e. The second kappa shape index (κ2) is 8.05. The van der Waals surface area contributed by atoms with Crippen molar-refractivity contribution in [3.05, 3.63) is 52.0 Å². The van der Waals surface area contributed by atoms with Crippen LogP contribution in [0.1, 0.15) is 15.2 Å². The number of likely N-dealkylation sites (N-methyl/N-ethyl adjacent to an activating group) is 1. The quantitative estimate of drug-likeness (QED) is 0.753. The molecule has 0 aliphatic carbocycles. The van der Waals surface area contributed by atoms with E-state index in [0.717, 1.165) is 17.4 Å². The van der Waals surface area contributed by atoms with Crippen molar-refractivity contribution in [1.82, 2.24) is 9.21 Å². The van der Waals surface area contributed by atoms with E-state index in [2.05, 4.69) is 0 Å². The molecule has 0 fully saturated rings. The van der Waals surface area contributed by atoms with Gasteiger partial charge in [-0.25, -0.2) is 17.6 Å². The van der Waals surface area contributed by atoms with E-state index in [9.17, 15) is 17.6 Å². The summed E-state index contributed by atoms with van der Waals surface area (Å²) in [7, 11) is -0.324. The number of hydrogen-bond donors (Lipinski definition) is 1. The lowest BCUT2D eigenvalue weighted by Gasteiger charge is -2.23. The number of benzene rings is 1. The first-order valence-electron chi connectivity index (χ1n) is 7.42. The third-order valence-electron chi connectivity index (χ3n) is 3.53. The monoisotopic (exact) mass is 386 g/mol. The van der Waals surface area contributed by atoms with Gasteiger partial charge in [0.1, 0.15) is 10.7 Å². The predicted octanol–water partition coefficient (Wildman–Crippen LogP) is 2.34. The van der Waals surface area contributed by atoms with E-state index >= 15 is 0 Å². The highest BCUT2D eigenvalue weighted by atomic mass is 32.2. The highest BCUT2D eigenvalue weighted by Crippen LogP contribution is 2.24. The summed E-state index contributed by atoms with van der Waals surface area (Å²) in [5.41, 5.74) is 0.263. The summed E-state index contributed by atoms with van der Waals surface area (Å²) >= 11 is 0.846. The van der Waals surface area contributed by atoms with Crippen molar-refractivity contribution in [1.29, 1.82) is 0 Å². The van der Waals surface area contributed by atoms with Crippen molar-refractivity contribution >= 4 is 27.3 Å². The lowest BCUT2D eigenvalue weighted by Crippen LogP contribution is -2.36. The summed E-state index contributed by atoms with van der Waals surface area (Å²) in [4.78, 5) is 12.7. The van der Waals surface area contributed by atoms with Crippen LogP contribution in [0.3, 0.4) is 0 Å². The summed E-state index contributed by atoms with van der Waals surface area (Å²) in [6.45, 7) is 0.479. The number of carboxylic acid groups (broad SMARTS) is 1. The molecule has 0 radical (unpaired) electrons. The number of thiophene rings is 1. The minimum atomic E-state index is -3.94. The molecule has 1 aromatic carbocycles. The smallest absolute Gasteiger partial charge is 0.345 e. The topological polar surface area (TPSA) is 77.9 Å². The van der Waals surface area contributed by atoms with Gasteiger partial charge in [-0.2, -0.15) is 4.31 Å². The van der Waals surface area contributed by atoms with Gasteiger partial charge in [0.15, 0.2) is 0 Å². The number of aromatic carboxylic acids is 1. The van der Waals surface area contributed by atoms with Crippen LogP contribution in [0.5, 0.6) is 0 Å². The number of nitrogens with zero attached hydrogens (tertiary/aromatic N) is 2. The number of rotatable bonds is 8. The summed E-state index contributed by atoms with van der Waals surface area (Å²) < 4.78 is 40.9. The molecule has 0 aliphatic rings. The van der Waals surface area contributed by atoms with Gasteiger partial charge in [-0.15, -0.1) is 11.3 Å². The Morgan fingerprint density at radius 1 is 1.24 bits per heavy atom. The maximum absolute atomic E-state index is 13.9. The molecule has 1 aromatic heterocycles. The first-order chi connectivity index (χ1) is 11.7. The minimum absolute atomic E-state index is 0.0583. The Labute approximate surface area is 150 Å². The number of carbonyl (C=O) groups is 1. The van der Waals surface area contributed by atoms with Crippen molar-refractivity contribution in [3.63, 3.8) is 0 Å². The molecular formula is C16H19FN2O4S2. The summed E-state index contributed by atoms with van der Waals surface area (Å²) in [5.74, 6) is -1.66. The first kappa shape index (κ1) is 19.5. The lowest BCUT2D eigenvalue weighted by molar-refractivity contribution is 0.0702. The van der Waals surface area contributed by atoms with Crippen LogP contribution >= 0.6 is 11.3 Å². The molecule has 0 amide bonds. The third-order valence-corrected chi connectivity index (χ3v) is 6.42. The van der Waals surface area contributed by atoms with E-state index in [-0.39, 0.29) is 28.4 Å². The number of halogens is 1. The molecule has 0 atom stereocenters. The van der Waals surface area contributed by atoms with Crippen molar-refractivity contribution in [2.45, 2.75) is 11.4 Å². The van der Waals surface area contributed by atoms with Gasteiger partial charge < -0.3 is 10.0 Å². The molecule has 2 rings (SSSR count). The second-order valence-corrected chi connectivity index (χ2v) is 8.53. The molecule has 136 valence electrons. The molecule has 0 bridgehead atoms. The van der Waals surface area contributed by atoms with E-state index in [4.69, 9.17) is 5.11 Å². The zero-order valence-corrected chi connectivity index (χ0v) is 15.5. The first-order valence-corrected chi connectivity index (χ1v) is 9.74. The molecule has 2 aromatic rings. The zero-order chi connectivity index (χ0) is 18.6. The molecule has 6 nitrogen and oxygen atoms in total. The van der Waals surface area contributed by atoms with Gasteiger partial charge >= 0.3 is 5.97 Å². The predicted molar refractivity (Wildman–Crippen MR) is 93.8 cm³/mol. The van der Waals surface area contributed by atoms with Gasteiger partial charge in [0.2, 0.25) is 10.0 Å². The van der Waals surface area contributed by atoms with E-state index in [1.165, 1.54) is 27.9 Å². The van der Waals surface area contributed by atoms with E-state index in [0.29, 0.717) is 6.54 Å². The molecular weight excluding hydrogens is 367 g/mol. The van der Waals surface area contributed by atoms with Crippen molar-refractivity contribution in [3.8, 4) is 0 Å². The lowest BCUT2D eigenvalue weighted by atomic mass is 10.2. The van der Waals surface area contributed by atoms with Gasteiger partial charge in [0.05, 0.1) is 4.90 Å². The molecule has 0 unspecified atom stereocenters. The minimum Gasteiger partial charge on any atom is -0.477 e. The van der Waals surface area contributed by atoms with Crippen LogP contribution in [-0.4, -0.2) is 55.9 Å². The maximum atomic E-state index is 13.9. The number of sulfonamides is 1. The second-order valence-electron chi connectivity index (χ2n) is 5.69. The fourth-order valence-electron chi connectivity index (χ4n) is 2.13. The van der Waals surface area contributed by atoms with Gasteiger partial charge in [-0.05, 0) is 26.2 Å². The fraction of sp³-hybridized carbons (Fsp3) is 0.312. The molecule has 9 heteroatoms. The molecule has 1 heterocycles. The Kier molecular flexibility index (Phi) is 6.28. The fourth-order valence-corrected chi connectivity index (χ4v) is 4.64. The van der Waals surface area contributed by atoms with Crippen molar-refractivity contribution in [2.75, 3.05) is 27.2 Å². The Morgan fingerprint density at radius 2 is 1.92 bits per heavy atom. The Bertz CT molecular complexity index is 849. The molecule has 25 heavy (non-hydrogen) atoms. The third kappa shape index (κ3) is 4.85. The zero-order valence-electron chi connectivity index (χ0n) is 13.8. The summed E-state index contributed by atoms with van der Waals surface area (Å²) in [6.07, 6.45) is 0. The van der Waals surface area contributed by atoms with Gasteiger partial charge in [-0.3, -0.25) is 0 Å². The molecule has 0 spiro atoms. The van der Waals surface area contributed by atoms with Crippen LogP contribution in [0, 0.1) is 5.82 Å². The average Bonchev–Trinajstić information content (AvgIpc) is 3.03. The Hall–Kier alpha value is -1.81. The van der Waals surface area contributed by atoms with Crippen LogP contribution in [0.25, 0.3) is 0 Å². The standard InChI is InChI=1S/C16H19FN2O4S2/c1-18(2)7-8-19(10-12-5-3-4-6-14(12)17)25(22,23)13-9-15(16(20)21)24-11-13/h3-6,9,11H,7-8,10H2,1-2H3,(H,20,21). The Balaban J connectivity index is 2.35. The normalized spacial score (nSPS) is 12.0.